The van der Waals surface area contributed by atoms with Gasteiger partial charge in [-0.1, -0.05) is 60.1 Å². The van der Waals surface area contributed by atoms with Gasteiger partial charge in [-0.3, -0.25) is 19.3 Å². The van der Waals surface area contributed by atoms with E-state index in [1.165, 1.54) is 7.11 Å². The molecule has 1 aliphatic rings. The maximum Gasteiger partial charge on any atom is 0.294 e. The van der Waals surface area contributed by atoms with Gasteiger partial charge in [-0.2, -0.15) is 0 Å². The standard InChI is InChI=1S/C31H24BrClN2O5S/c1-18-10-11-22(15-25(18)33)34-28(36)16-35-30(37)27(41-31(35)38)14-19-12-24(32)29(26(13-19)39-2)40-17-21-8-5-7-20-6-3-4-9-23(20)21/h3-15H,16-17H2,1-2H3,(H,34,36)/b27-14+. The molecule has 0 spiro atoms. The van der Waals surface area contributed by atoms with Crippen LogP contribution < -0.4 is 14.8 Å². The molecule has 208 valence electrons. The minimum Gasteiger partial charge on any atom is -0.493 e. The number of benzene rings is 4. The number of halogens is 2. The number of carbonyl (C=O) groups excluding carboxylic acids is 3. The monoisotopic (exact) mass is 650 g/mol. The fourth-order valence-electron chi connectivity index (χ4n) is 4.33. The molecule has 1 heterocycles. The van der Waals surface area contributed by atoms with Crippen molar-refractivity contribution >= 4 is 78.9 Å². The van der Waals surface area contributed by atoms with Gasteiger partial charge in [0.05, 0.1) is 16.5 Å². The number of hydrogen-bond donors (Lipinski definition) is 1. The lowest BCUT2D eigenvalue weighted by Crippen LogP contribution is -2.36. The van der Waals surface area contributed by atoms with Gasteiger partial charge in [-0.05, 0) is 92.4 Å². The van der Waals surface area contributed by atoms with E-state index in [9.17, 15) is 14.4 Å². The molecule has 0 saturated carbocycles. The molecule has 1 N–H and O–H groups in total. The van der Waals surface area contributed by atoms with Crippen LogP contribution in [0.5, 0.6) is 11.5 Å². The highest BCUT2D eigenvalue weighted by Crippen LogP contribution is 2.40. The van der Waals surface area contributed by atoms with Crippen molar-refractivity contribution < 1.29 is 23.9 Å². The van der Waals surface area contributed by atoms with Crippen LogP contribution in [0.15, 0.2) is 82.2 Å². The van der Waals surface area contributed by atoms with Crippen LogP contribution in [0.4, 0.5) is 10.5 Å². The molecule has 4 aromatic carbocycles. The van der Waals surface area contributed by atoms with Crippen molar-refractivity contribution in [2.24, 2.45) is 0 Å². The van der Waals surface area contributed by atoms with E-state index in [0.29, 0.717) is 38.9 Å². The summed E-state index contributed by atoms with van der Waals surface area (Å²) in [7, 11) is 1.53. The summed E-state index contributed by atoms with van der Waals surface area (Å²) < 4.78 is 12.4. The van der Waals surface area contributed by atoms with E-state index in [-0.39, 0.29) is 4.91 Å². The van der Waals surface area contributed by atoms with Crippen LogP contribution >= 0.6 is 39.3 Å². The zero-order valence-corrected chi connectivity index (χ0v) is 25.2. The van der Waals surface area contributed by atoms with Crippen molar-refractivity contribution in [3.8, 4) is 11.5 Å². The maximum absolute atomic E-state index is 13.0. The lowest BCUT2D eigenvalue weighted by Gasteiger charge is -2.15. The van der Waals surface area contributed by atoms with Crippen molar-refractivity contribution in [3.05, 3.63) is 104 Å². The van der Waals surface area contributed by atoms with Crippen LogP contribution in [-0.4, -0.2) is 35.6 Å². The largest absolute Gasteiger partial charge is 0.493 e. The van der Waals surface area contributed by atoms with Crippen LogP contribution in [0.3, 0.4) is 0 Å². The first-order chi connectivity index (χ1) is 19.7. The van der Waals surface area contributed by atoms with Gasteiger partial charge in [0.25, 0.3) is 11.1 Å². The summed E-state index contributed by atoms with van der Waals surface area (Å²) in [6.45, 7) is 1.76. The molecule has 4 aromatic rings. The summed E-state index contributed by atoms with van der Waals surface area (Å²) in [6.07, 6.45) is 1.59. The van der Waals surface area contributed by atoms with Gasteiger partial charge in [-0.15, -0.1) is 0 Å². The second kappa shape index (κ2) is 12.4. The van der Waals surface area contributed by atoms with E-state index in [4.69, 9.17) is 21.1 Å². The third-order valence-corrected chi connectivity index (χ3v) is 8.34. The third kappa shape index (κ3) is 6.43. The van der Waals surface area contributed by atoms with E-state index in [0.717, 1.165) is 38.6 Å². The quantitative estimate of drug-likeness (QED) is 0.196. The van der Waals surface area contributed by atoms with Crippen molar-refractivity contribution in [1.29, 1.82) is 0 Å². The Morgan fingerprint density at radius 3 is 2.63 bits per heavy atom. The molecule has 0 radical (unpaired) electrons. The van der Waals surface area contributed by atoms with Gasteiger partial charge in [0.15, 0.2) is 11.5 Å². The smallest absolute Gasteiger partial charge is 0.294 e. The molecule has 1 aliphatic heterocycles. The highest BCUT2D eigenvalue weighted by atomic mass is 79.9. The number of ether oxygens (including phenoxy) is 2. The van der Waals surface area contributed by atoms with E-state index in [1.807, 2.05) is 31.2 Å². The average Bonchev–Trinajstić information content (AvgIpc) is 3.21. The van der Waals surface area contributed by atoms with Gasteiger partial charge in [0.1, 0.15) is 13.2 Å². The Morgan fingerprint density at radius 1 is 1.07 bits per heavy atom. The zero-order chi connectivity index (χ0) is 29.1. The number of imide groups is 1. The van der Waals surface area contributed by atoms with Crippen LogP contribution in [0.1, 0.15) is 16.7 Å². The van der Waals surface area contributed by atoms with E-state index >= 15 is 0 Å². The molecule has 0 atom stereocenters. The summed E-state index contributed by atoms with van der Waals surface area (Å²) in [6, 6.07) is 22.8. The molecular weight excluding hydrogens is 628 g/mol. The molecule has 0 aliphatic carbocycles. The number of methoxy groups -OCH3 is 1. The summed E-state index contributed by atoms with van der Waals surface area (Å²) in [5, 5.41) is 4.88. The second-order valence-electron chi connectivity index (χ2n) is 9.24. The fraction of sp³-hybridized carbons (Fsp3) is 0.129. The highest BCUT2D eigenvalue weighted by molar-refractivity contribution is 9.10. The SMILES string of the molecule is COc1cc(/C=C2/SC(=O)N(CC(=O)Nc3ccc(C)c(Cl)c3)C2=O)cc(Br)c1OCc1cccc2ccccc12. The fourth-order valence-corrected chi connectivity index (χ4v) is 5.93. The van der Waals surface area contributed by atoms with Crippen LogP contribution in [0, 0.1) is 6.92 Å². The zero-order valence-electron chi connectivity index (χ0n) is 22.1. The Kier molecular flexibility index (Phi) is 8.68. The van der Waals surface area contributed by atoms with Gasteiger partial charge < -0.3 is 14.8 Å². The van der Waals surface area contributed by atoms with Crippen molar-refractivity contribution in [1.82, 2.24) is 4.90 Å². The lowest BCUT2D eigenvalue weighted by atomic mass is 10.1. The van der Waals surface area contributed by atoms with Crippen LogP contribution in [-0.2, 0) is 16.2 Å². The predicted molar refractivity (Wildman–Crippen MR) is 166 cm³/mol. The molecule has 0 unspecified atom stereocenters. The summed E-state index contributed by atoms with van der Waals surface area (Å²) in [4.78, 5) is 39.3. The predicted octanol–water partition coefficient (Wildman–Crippen LogP) is 7.83. The number of hydrogen-bond acceptors (Lipinski definition) is 6. The van der Waals surface area contributed by atoms with Crippen LogP contribution in [0.2, 0.25) is 5.02 Å². The topological polar surface area (TPSA) is 84.9 Å². The number of amides is 3. The molecule has 7 nitrogen and oxygen atoms in total. The molecule has 3 amide bonds. The second-order valence-corrected chi connectivity index (χ2v) is 11.5. The van der Waals surface area contributed by atoms with E-state index in [1.54, 1.807) is 36.4 Å². The molecule has 5 rings (SSSR count). The number of anilines is 1. The third-order valence-electron chi connectivity index (χ3n) is 6.43. The van der Waals surface area contributed by atoms with Gasteiger partial charge in [-0.25, -0.2) is 0 Å². The summed E-state index contributed by atoms with van der Waals surface area (Å²) in [5.41, 5.74) is 3.00. The van der Waals surface area contributed by atoms with Crippen molar-refractivity contribution in [2.75, 3.05) is 19.0 Å². The minimum atomic E-state index is -0.552. The first-order valence-electron chi connectivity index (χ1n) is 12.5. The Morgan fingerprint density at radius 2 is 1.85 bits per heavy atom. The number of thioether (sulfide) groups is 1. The van der Waals surface area contributed by atoms with Crippen molar-refractivity contribution in [3.63, 3.8) is 0 Å². The molecular formula is C31H24BrClN2O5S. The van der Waals surface area contributed by atoms with Crippen molar-refractivity contribution in [2.45, 2.75) is 13.5 Å². The average molecular weight is 652 g/mol. The van der Waals surface area contributed by atoms with E-state index < -0.39 is 23.6 Å². The van der Waals surface area contributed by atoms with Gasteiger partial charge >= 0.3 is 0 Å². The minimum absolute atomic E-state index is 0.194. The molecule has 41 heavy (non-hydrogen) atoms. The van der Waals surface area contributed by atoms with E-state index in [2.05, 4.69) is 39.4 Å². The lowest BCUT2D eigenvalue weighted by molar-refractivity contribution is -0.127. The molecule has 1 fully saturated rings. The number of nitrogens with zero attached hydrogens (tertiary/aromatic N) is 1. The first-order valence-corrected chi connectivity index (χ1v) is 14.5. The Labute approximate surface area is 254 Å². The number of nitrogens with one attached hydrogen (secondary N) is 1. The number of aryl methyl sites for hydroxylation is 1. The number of fused-ring (bicyclic) bond motifs is 1. The highest BCUT2D eigenvalue weighted by Gasteiger charge is 2.36. The maximum atomic E-state index is 13.0. The Hall–Kier alpha value is -3.79. The van der Waals surface area contributed by atoms with Gasteiger partial charge in [0.2, 0.25) is 5.91 Å². The normalized spacial score (nSPS) is 14.1. The Balaban J connectivity index is 1.30. The Bertz CT molecular complexity index is 1720. The molecule has 1 saturated heterocycles. The van der Waals surface area contributed by atoms with Gasteiger partial charge in [0, 0.05) is 10.7 Å². The molecule has 0 aromatic heterocycles. The summed E-state index contributed by atoms with van der Waals surface area (Å²) >= 11 is 10.4. The number of rotatable bonds is 8. The first kappa shape index (κ1) is 28.7. The molecule has 0 bridgehead atoms. The molecule has 10 heteroatoms. The van der Waals surface area contributed by atoms with Crippen LogP contribution in [0.25, 0.3) is 16.8 Å². The summed E-state index contributed by atoms with van der Waals surface area (Å²) in [5.74, 6) is -0.0890. The number of carbonyl (C=O) groups is 3.